The van der Waals surface area contributed by atoms with Crippen molar-refractivity contribution in [1.29, 1.82) is 0 Å². The molecule has 1 atom stereocenters. The molecular formula is C12H17Cl2N3O4S. The van der Waals surface area contributed by atoms with Crippen LogP contribution in [0.25, 0.3) is 0 Å². The highest BCUT2D eigenvalue weighted by Crippen LogP contribution is 2.29. The van der Waals surface area contributed by atoms with Gasteiger partial charge in [0.25, 0.3) is 5.69 Å². The van der Waals surface area contributed by atoms with Crippen molar-refractivity contribution in [1.82, 2.24) is 10.0 Å². The maximum Gasteiger partial charge on any atom is 0.275 e. The minimum absolute atomic E-state index is 0. The van der Waals surface area contributed by atoms with Gasteiger partial charge in [-0.1, -0.05) is 11.6 Å². The number of halogens is 2. The average Bonchev–Trinajstić information content (AvgIpc) is 2.92. The number of benzene rings is 1. The number of nitrogens with zero attached hydrogens (tertiary/aromatic N) is 1. The van der Waals surface area contributed by atoms with E-state index < -0.39 is 14.9 Å². The molecule has 0 aliphatic carbocycles. The van der Waals surface area contributed by atoms with Gasteiger partial charge in [0.2, 0.25) is 10.0 Å². The van der Waals surface area contributed by atoms with Gasteiger partial charge in [0.1, 0.15) is 0 Å². The van der Waals surface area contributed by atoms with Gasteiger partial charge in [-0.2, -0.15) is 0 Å². The Bertz CT molecular complexity index is 661. The lowest BCUT2D eigenvalue weighted by atomic mass is 10.1. The molecule has 0 saturated carbocycles. The predicted octanol–water partition coefficient (Wildman–Crippen LogP) is 1.87. The third kappa shape index (κ3) is 4.30. The van der Waals surface area contributed by atoms with E-state index in [0.717, 1.165) is 25.6 Å². The van der Waals surface area contributed by atoms with Crippen LogP contribution in [0.5, 0.6) is 0 Å². The molecule has 2 N–H and O–H groups in total. The van der Waals surface area contributed by atoms with Crippen molar-refractivity contribution in [3.63, 3.8) is 0 Å². The smallest absolute Gasteiger partial charge is 0.275 e. The van der Waals surface area contributed by atoms with E-state index in [9.17, 15) is 18.5 Å². The molecule has 1 saturated heterocycles. The molecule has 0 spiro atoms. The Morgan fingerprint density at radius 3 is 2.73 bits per heavy atom. The highest BCUT2D eigenvalue weighted by atomic mass is 35.5. The lowest BCUT2D eigenvalue weighted by molar-refractivity contribution is -0.385. The molecule has 1 unspecified atom stereocenters. The van der Waals surface area contributed by atoms with E-state index in [-0.39, 0.29) is 39.5 Å². The minimum Gasteiger partial charge on any atom is -0.316 e. The predicted molar refractivity (Wildman–Crippen MR) is 86.3 cm³/mol. The van der Waals surface area contributed by atoms with Gasteiger partial charge in [0.15, 0.2) is 0 Å². The highest BCUT2D eigenvalue weighted by molar-refractivity contribution is 7.89. The van der Waals surface area contributed by atoms with Crippen LogP contribution in [0.15, 0.2) is 17.0 Å². The topological polar surface area (TPSA) is 101 Å². The second kappa shape index (κ2) is 7.56. The SMILES string of the molecule is Cc1c(Cl)cc(S(=O)(=O)NCC2CCNC2)cc1[N+](=O)[O-].Cl. The molecule has 1 fully saturated rings. The summed E-state index contributed by atoms with van der Waals surface area (Å²) in [5.74, 6) is 0.232. The van der Waals surface area contributed by atoms with Crippen molar-refractivity contribution in [2.75, 3.05) is 19.6 Å². The third-order valence-electron chi connectivity index (χ3n) is 3.52. The summed E-state index contributed by atoms with van der Waals surface area (Å²) in [6.07, 6.45) is 0.900. The molecule has 7 nitrogen and oxygen atoms in total. The minimum atomic E-state index is -3.81. The van der Waals surface area contributed by atoms with E-state index >= 15 is 0 Å². The molecule has 1 aliphatic heterocycles. The van der Waals surface area contributed by atoms with Crippen molar-refractivity contribution < 1.29 is 13.3 Å². The summed E-state index contributed by atoms with van der Waals surface area (Å²) in [4.78, 5) is 10.1. The van der Waals surface area contributed by atoms with Gasteiger partial charge in [-0.3, -0.25) is 10.1 Å². The fraction of sp³-hybridized carbons (Fsp3) is 0.500. The average molecular weight is 370 g/mol. The maximum absolute atomic E-state index is 12.2. The van der Waals surface area contributed by atoms with Gasteiger partial charge in [0.05, 0.1) is 14.8 Å². The second-order valence-electron chi connectivity index (χ2n) is 5.02. The van der Waals surface area contributed by atoms with E-state index in [1.165, 1.54) is 13.0 Å². The van der Waals surface area contributed by atoms with Crippen molar-refractivity contribution in [3.8, 4) is 0 Å². The van der Waals surface area contributed by atoms with Crippen LogP contribution >= 0.6 is 24.0 Å². The number of nitro groups is 1. The number of rotatable bonds is 5. The molecule has 2 rings (SSSR count). The number of sulfonamides is 1. The first-order valence-corrected chi connectivity index (χ1v) is 8.32. The zero-order valence-electron chi connectivity index (χ0n) is 11.8. The van der Waals surface area contributed by atoms with Crippen molar-refractivity contribution in [3.05, 3.63) is 32.8 Å². The van der Waals surface area contributed by atoms with Crippen LogP contribution in [0.4, 0.5) is 5.69 Å². The number of hydrogen-bond acceptors (Lipinski definition) is 5. The summed E-state index contributed by atoms with van der Waals surface area (Å²) in [6, 6.07) is 2.27. The van der Waals surface area contributed by atoms with Crippen LogP contribution in [0.2, 0.25) is 5.02 Å². The summed E-state index contributed by atoms with van der Waals surface area (Å²) >= 11 is 5.89. The first-order valence-electron chi connectivity index (χ1n) is 6.46. The van der Waals surface area contributed by atoms with Crippen LogP contribution in [-0.4, -0.2) is 33.0 Å². The maximum atomic E-state index is 12.2. The van der Waals surface area contributed by atoms with E-state index in [2.05, 4.69) is 10.0 Å². The van der Waals surface area contributed by atoms with Crippen molar-refractivity contribution >= 4 is 39.7 Å². The molecule has 0 aromatic heterocycles. The molecule has 0 amide bonds. The highest BCUT2D eigenvalue weighted by Gasteiger charge is 2.24. The molecule has 124 valence electrons. The number of nitrogens with one attached hydrogen (secondary N) is 2. The zero-order valence-corrected chi connectivity index (χ0v) is 14.2. The largest absolute Gasteiger partial charge is 0.316 e. The van der Waals surface area contributed by atoms with Gasteiger partial charge in [-0.15, -0.1) is 12.4 Å². The molecule has 1 heterocycles. The van der Waals surface area contributed by atoms with Crippen LogP contribution < -0.4 is 10.0 Å². The summed E-state index contributed by atoms with van der Waals surface area (Å²) < 4.78 is 26.9. The van der Waals surface area contributed by atoms with Crippen molar-refractivity contribution in [2.45, 2.75) is 18.2 Å². The molecule has 1 aliphatic rings. The Balaban J connectivity index is 0.00000242. The third-order valence-corrected chi connectivity index (χ3v) is 5.32. The number of hydrogen-bond donors (Lipinski definition) is 2. The van der Waals surface area contributed by atoms with Gasteiger partial charge < -0.3 is 5.32 Å². The van der Waals surface area contributed by atoms with E-state index in [1.807, 2.05) is 0 Å². The Hall–Kier alpha value is -0.930. The zero-order chi connectivity index (χ0) is 15.6. The lowest BCUT2D eigenvalue weighted by Crippen LogP contribution is -2.30. The Kier molecular flexibility index (Phi) is 6.57. The molecule has 1 aromatic rings. The summed E-state index contributed by atoms with van der Waals surface area (Å²) in [7, 11) is -3.81. The van der Waals surface area contributed by atoms with E-state index in [1.54, 1.807) is 0 Å². The van der Waals surface area contributed by atoms with Crippen LogP contribution in [0.1, 0.15) is 12.0 Å². The second-order valence-corrected chi connectivity index (χ2v) is 7.19. The number of nitro benzene ring substituents is 1. The van der Waals surface area contributed by atoms with Gasteiger partial charge in [0, 0.05) is 18.2 Å². The first kappa shape index (κ1) is 19.1. The summed E-state index contributed by atoms with van der Waals surface area (Å²) in [5.41, 5.74) is -0.0500. The molecule has 22 heavy (non-hydrogen) atoms. The first-order chi connectivity index (χ1) is 9.81. The van der Waals surface area contributed by atoms with Crippen LogP contribution in [0.3, 0.4) is 0 Å². The fourth-order valence-electron chi connectivity index (χ4n) is 2.18. The summed E-state index contributed by atoms with van der Waals surface area (Å²) in [6.45, 7) is 3.41. The molecule has 0 bridgehead atoms. The quantitative estimate of drug-likeness (QED) is 0.609. The molecule has 10 heteroatoms. The molecule has 0 radical (unpaired) electrons. The van der Waals surface area contributed by atoms with Crippen LogP contribution in [-0.2, 0) is 10.0 Å². The summed E-state index contributed by atoms with van der Waals surface area (Å²) in [5, 5.41) is 14.1. The van der Waals surface area contributed by atoms with E-state index in [0.29, 0.717) is 6.54 Å². The normalized spacial score (nSPS) is 18.0. The van der Waals surface area contributed by atoms with Gasteiger partial charge in [-0.05, 0) is 38.4 Å². The Morgan fingerprint density at radius 1 is 1.50 bits per heavy atom. The van der Waals surface area contributed by atoms with Crippen LogP contribution in [0, 0.1) is 23.0 Å². The van der Waals surface area contributed by atoms with Gasteiger partial charge >= 0.3 is 0 Å². The monoisotopic (exact) mass is 369 g/mol. The fourth-order valence-corrected chi connectivity index (χ4v) is 3.63. The molecule has 1 aromatic carbocycles. The van der Waals surface area contributed by atoms with Gasteiger partial charge in [-0.25, -0.2) is 13.1 Å². The lowest BCUT2D eigenvalue weighted by Gasteiger charge is -2.11. The Morgan fingerprint density at radius 2 is 2.18 bits per heavy atom. The molecular weight excluding hydrogens is 353 g/mol. The Labute approximate surface area is 140 Å². The standard InChI is InChI=1S/C12H16ClN3O4S.ClH/c1-8-11(13)4-10(5-12(8)16(17)18)21(19,20)15-7-9-2-3-14-6-9;/h4-5,9,14-15H,2-3,6-7H2,1H3;1H. The van der Waals surface area contributed by atoms with E-state index in [4.69, 9.17) is 11.6 Å². The van der Waals surface area contributed by atoms with Crippen molar-refractivity contribution in [2.24, 2.45) is 5.92 Å².